The maximum Gasteiger partial charge on any atom is 0.0727 e. The van der Waals surface area contributed by atoms with Crippen molar-refractivity contribution in [2.75, 3.05) is 0 Å². The zero-order valence-electron chi connectivity index (χ0n) is 15.2. The maximum absolute atomic E-state index is 6.01. The van der Waals surface area contributed by atoms with Crippen molar-refractivity contribution in [1.82, 2.24) is 0 Å². The molecular weight excluding hydrogens is 328 g/mol. The highest BCUT2D eigenvalue weighted by atomic mass is 16.5. The molecule has 0 heterocycles. The zero-order valence-corrected chi connectivity index (χ0v) is 15.2. The van der Waals surface area contributed by atoms with Crippen molar-refractivity contribution in [3.63, 3.8) is 0 Å². The highest BCUT2D eigenvalue weighted by Crippen LogP contribution is 2.30. The Morgan fingerprint density at radius 1 is 0.481 bits per heavy atom. The number of rotatable bonds is 6. The molecule has 0 saturated heterocycles. The molecule has 0 N–H and O–H groups in total. The van der Waals surface area contributed by atoms with E-state index in [2.05, 4.69) is 84.9 Å². The molecule has 4 aromatic carbocycles. The molecular formula is C26H22O. The second-order valence-electron chi connectivity index (χ2n) is 6.58. The number of ether oxygens (including phenoxy) is 1. The summed E-state index contributed by atoms with van der Waals surface area (Å²) in [6.45, 7) is 1.21. The van der Waals surface area contributed by atoms with Gasteiger partial charge < -0.3 is 4.74 Å². The van der Waals surface area contributed by atoms with Crippen molar-refractivity contribution >= 4 is 0 Å². The molecule has 0 aliphatic carbocycles. The van der Waals surface area contributed by atoms with Crippen molar-refractivity contribution in [2.45, 2.75) is 13.2 Å². The Kier molecular flexibility index (Phi) is 5.42. The molecule has 27 heavy (non-hydrogen) atoms. The minimum absolute atomic E-state index is 0.591. The van der Waals surface area contributed by atoms with Crippen LogP contribution in [0, 0.1) is 0 Å². The molecule has 0 fully saturated rings. The summed E-state index contributed by atoms with van der Waals surface area (Å²) in [4.78, 5) is 0. The number of benzene rings is 4. The Hall–Kier alpha value is -3.16. The van der Waals surface area contributed by atoms with Gasteiger partial charge in [-0.05, 0) is 39.4 Å². The highest BCUT2D eigenvalue weighted by Gasteiger charge is 2.08. The first-order chi connectivity index (χ1) is 13.4. The molecule has 0 unspecified atom stereocenters. The normalized spacial score (nSPS) is 10.7. The number of hydrogen-bond donors (Lipinski definition) is 0. The highest BCUT2D eigenvalue weighted by molar-refractivity contribution is 5.75. The van der Waals surface area contributed by atoms with Crippen LogP contribution in [0.15, 0.2) is 109 Å². The van der Waals surface area contributed by atoms with E-state index in [-0.39, 0.29) is 0 Å². The Morgan fingerprint density at radius 2 is 1.07 bits per heavy atom. The molecule has 0 amide bonds. The molecule has 0 aliphatic heterocycles. The quantitative estimate of drug-likeness (QED) is 0.374. The van der Waals surface area contributed by atoms with Crippen LogP contribution < -0.4 is 0 Å². The van der Waals surface area contributed by atoms with E-state index < -0.39 is 0 Å². The van der Waals surface area contributed by atoms with E-state index in [1.165, 1.54) is 33.4 Å². The van der Waals surface area contributed by atoms with Gasteiger partial charge in [0, 0.05) is 0 Å². The van der Waals surface area contributed by atoms with Gasteiger partial charge in [0.25, 0.3) is 0 Å². The summed E-state index contributed by atoms with van der Waals surface area (Å²) in [6, 6.07) is 38.0. The van der Waals surface area contributed by atoms with Gasteiger partial charge in [0.2, 0.25) is 0 Å². The molecule has 0 saturated carbocycles. The van der Waals surface area contributed by atoms with Gasteiger partial charge in [-0.25, -0.2) is 0 Å². The average Bonchev–Trinajstić information content (AvgIpc) is 2.76. The number of hydrogen-bond acceptors (Lipinski definition) is 1. The van der Waals surface area contributed by atoms with Crippen LogP contribution in [0.5, 0.6) is 0 Å². The van der Waals surface area contributed by atoms with E-state index >= 15 is 0 Å². The topological polar surface area (TPSA) is 9.23 Å². The molecule has 0 radical (unpaired) electrons. The van der Waals surface area contributed by atoms with Gasteiger partial charge in [-0.1, -0.05) is 103 Å². The molecule has 4 rings (SSSR count). The minimum atomic E-state index is 0.591. The lowest BCUT2D eigenvalue weighted by Gasteiger charge is -2.13. The van der Waals surface area contributed by atoms with Crippen LogP contribution in [0.2, 0.25) is 0 Å². The molecule has 1 heteroatoms. The van der Waals surface area contributed by atoms with Gasteiger partial charge in [-0.2, -0.15) is 0 Å². The molecule has 0 aromatic heterocycles. The fourth-order valence-corrected chi connectivity index (χ4v) is 3.25. The maximum atomic E-state index is 6.01. The first kappa shape index (κ1) is 17.3. The molecule has 0 atom stereocenters. The van der Waals surface area contributed by atoms with Crippen LogP contribution in [-0.2, 0) is 18.0 Å². The Labute approximate surface area is 160 Å². The fraction of sp³-hybridized carbons (Fsp3) is 0.0769. The molecule has 1 nitrogen and oxygen atoms in total. The molecule has 0 spiro atoms. The molecule has 4 aromatic rings. The Bertz CT molecular complexity index is 976. The molecule has 0 bridgehead atoms. The Morgan fingerprint density at radius 3 is 1.74 bits per heavy atom. The second kappa shape index (κ2) is 8.48. The molecule has 132 valence electrons. The lowest BCUT2D eigenvalue weighted by atomic mass is 9.95. The summed E-state index contributed by atoms with van der Waals surface area (Å²) in [6.07, 6.45) is 0. The van der Waals surface area contributed by atoms with Gasteiger partial charge in [-0.3, -0.25) is 0 Å². The third-order valence-corrected chi connectivity index (χ3v) is 4.67. The summed E-state index contributed by atoms with van der Waals surface area (Å²) < 4.78 is 6.01. The predicted molar refractivity (Wildman–Crippen MR) is 112 cm³/mol. The van der Waals surface area contributed by atoms with Crippen LogP contribution in [-0.4, -0.2) is 0 Å². The first-order valence-corrected chi connectivity index (χ1v) is 9.25. The van der Waals surface area contributed by atoms with Crippen molar-refractivity contribution in [2.24, 2.45) is 0 Å². The summed E-state index contributed by atoms with van der Waals surface area (Å²) in [5.74, 6) is 0. The smallest absolute Gasteiger partial charge is 0.0727 e. The largest absolute Gasteiger partial charge is 0.372 e. The lowest BCUT2D eigenvalue weighted by molar-refractivity contribution is 0.107. The average molecular weight is 350 g/mol. The first-order valence-electron chi connectivity index (χ1n) is 9.25. The van der Waals surface area contributed by atoms with Crippen molar-refractivity contribution in [3.05, 3.63) is 120 Å². The third kappa shape index (κ3) is 4.33. The SMILES string of the molecule is c1ccc(COCc2ccc(-c3ccccc3)cc2-c2ccccc2)cc1. The minimum Gasteiger partial charge on any atom is -0.372 e. The van der Waals surface area contributed by atoms with Crippen LogP contribution in [0.1, 0.15) is 11.1 Å². The van der Waals surface area contributed by atoms with E-state index in [9.17, 15) is 0 Å². The monoisotopic (exact) mass is 350 g/mol. The van der Waals surface area contributed by atoms with Gasteiger partial charge in [0.15, 0.2) is 0 Å². The van der Waals surface area contributed by atoms with E-state index in [4.69, 9.17) is 4.74 Å². The van der Waals surface area contributed by atoms with Crippen molar-refractivity contribution in [1.29, 1.82) is 0 Å². The second-order valence-corrected chi connectivity index (χ2v) is 6.58. The van der Waals surface area contributed by atoms with Crippen LogP contribution in [0.3, 0.4) is 0 Å². The Balaban J connectivity index is 1.62. The van der Waals surface area contributed by atoms with Crippen LogP contribution >= 0.6 is 0 Å². The van der Waals surface area contributed by atoms with Gasteiger partial charge >= 0.3 is 0 Å². The van der Waals surface area contributed by atoms with Crippen molar-refractivity contribution < 1.29 is 4.74 Å². The standard InChI is InChI=1S/C26H22O/c1-4-10-21(11-5-1)19-27-20-25-17-16-24(22-12-6-2-7-13-22)18-26(25)23-14-8-3-9-15-23/h1-18H,19-20H2. The van der Waals surface area contributed by atoms with Gasteiger partial charge in [0.05, 0.1) is 13.2 Å². The summed E-state index contributed by atoms with van der Waals surface area (Å²) >= 11 is 0. The van der Waals surface area contributed by atoms with E-state index in [1.54, 1.807) is 0 Å². The third-order valence-electron chi connectivity index (χ3n) is 4.67. The fourth-order valence-electron chi connectivity index (χ4n) is 3.25. The summed E-state index contributed by atoms with van der Waals surface area (Å²) in [7, 11) is 0. The van der Waals surface area contributed by atoms with Crippen LogP contribution in [0.25, 0.3) is 22.3 Å². The van der Waals surface area contributed by atoms with E-state index in [0.29, 0.717) is 13.2 Å². The summed E-state index contributed by atoms with van der Waals surface area (Å²) in [5.41, 5.74) is 7.29. The van der Waals surface area contributed by atoms with Gasteiger partial charge in [-0.15, -0.1) is 0 Å². The van der Waals surface area contributed by atoms with Crippen LogP contribution in [0.4, 0.5) is 0 Å². The summed E-state index contributed by atoms with van der Waals surface area (Å²) in [5, 5.41) is 0. The van der Waals surface area contributed by atoms with Crippen molar-refractivity contribution in [3.8, 4) is 22.3 Å². The van der Waals surface area contributed by atoms with E-state index in [0.717, 1.165) is 0 Å². The zero-order chi connectivity index (χ0) is 18.3. The van der Waals surface area contributed by atoms with E-state index in [1.807, 2.05) is 24.3 Å². The predicted octanol–water partition coefficient (Wildman–Crippen LogP) is 6.74. The lowest BCUT2D eigenvalue weighted by Crippen LogP contribution is -1.97. The molecule has 0 aliphatic rings. The van der Waals surface area contributed by atoms with Gasteiger partial charge in [0.1, 0.15) is 0 Å².